The van der Waals surface area contributed by atoms with Crippen LogP contribution in [-0.2, 0) is 6.54 Å². The molecule has 0 N–H and O–H groups in total. The molecule has 3 nitrogen and oxygen atoms in total. The van der Waals surface area contributed by atoms with Crippen molar-refractivity contribution in [1.82, 2.24) is 4.90 Å². The molecule has 0 aliphatic carbocycles. The van der Waals surface area contributed by atoms with E-state index in [1.165, 1.54) is 5.56 Å². The molecule has 0 saturated carbocycles. The van der Waals surface area contributed by atoms with Crippen molar-refractivity contribution in [2.45, 2.75) is 6.54 Å². The number of benzene rings is 2. The SMILES string of the molecule is O=C(C1=NCCN1Cc1ccccc1)c1ccccc1. The maximum absolute atomic E-state index is 12.5. The second-order valence-electron chi connectivity index (χ2n) is 4.81. The van der Waals surface area contributed by atoms with Crippen LogP contribution in [0.1, 0.15) is 15.9 Å². The van der Waals surface area contributed by atoms with Gasteiger partial charge >= 0.3 is 0 Å². The molecule has 0 saturated heterocycles. The Kier molecular flexibility index (Phi) is 3.59. The number of carbonyl (C=O) groups is 1. The van der Waals surface area contributed by atoms with E-state index in [0.717, 1.165) is 13.1 Å². The molecule has 0 radical (unpaired) electrons. The van der Waals surface area contributed by atoms with E-state index >= 15 is 0 Å². The fourth-order valence-corrected chi connectivity index (χ4v) is 2.37. The summed E-state index contributed by atoms with van der Waals surface area (Å²) in [5.74, 6) is 0.596. The summed E-state index contributed by atoms with van der Waals surface area (Å²) >= 11 is 0. The molecule has 20 heavy (non-hydrogen) atoms. The molecule has 0 aromatic heterocycles. The van der Waals surface area contributed by atoms with E-state index in [-0.39, 0.29) is 5.78 Å². The van der Waals surface area contributed by atoms with Gasteiger partial charge in [-0.2, -0.15) is 0 Å². The van der Waals surface area contributed by atoms with Gasteiger partial charge in [0.2, 0.25) is 5.78 Å². The zero-order chi connectivity index (χ0) is 13.8. The van der Waals surface area contributed by atoms with Gasteiger partial charge in [-0.25, -0.2) is 0 Å². The molecule has 1 aliphatic heterocycles. The van der Waals surface area contributed by atoms with Crippen LogP contribution in [0.15, 0.2) is 65.7 Å². The maximum Gasteiger partial charge on any atom is 0.227 e. The first kappa shape index (κ1) is 12.6. The highest BCUT2D eigenvalue weighted by Gasteiger charge is 2.24. The lowest BCUT2D eigenvalue weighted by atomic mass is 10.1. The molecule has 0 unspecified atom stereocenters. The monoisotopic (exact) mass is 264 g/mol. The predicted molar refractivity (Wildman–Crippen MR) is 79.9 cm³/mol. The number of hydrogen-bond acceptors (Lipinski definition) is 3. The fraction of sp³-hybridized carbons (Fsp3) is 0.176. The Hall–Kier alpha value is -2.42. The number of amidine groups is 1. The highest BCUT2D eigenvalue weighted by molar-refractivity contribution is 6.45. The highest BCUT2D eigenvalue weighted by atomic mass is 16.1. The molecule has 0 amide bonds. The predicted octanol–water partition coefficient (Wildman–Crippen LogP) is 2.78. The first-order valence-electron chi connectivity index (χ1n) is 6.77. The molecule has 0 spiro atoms. The molecule has 1 aliphatic rings. The third-order valence-electron chi connectivity index (χ3n) is 3.39. The lowest BCUT2D eigenvalue weighted by Gasteiger charge is -2.19. The van der Waals surface area contributed by atoms with Crippen LogP contribution in [0.25, 0.3) is 0 Å². The number of hydrogen-bond donors (Lipinski definition) is 0. The maximum atomic E-state index is 12.5. The van der Waals surface area contributed by atoms with Crippen LogP contribution in [-0.4, -0.2) is 29.6 Å². The van der Waals surface area contributed by atoms with Crippen LogP contribution in [0.5, 0.6) is 0 Å². The summed E-state index contributed by atoms with van der Waals surface area (Å²) in [6, 6.07) is 19.5. The van der Waals surface area contributed by atoms with Crippen molar-refractivity contribution < 1.29 is 4.79 Å². The number of ketones is 1. The molecule has 2 aromatic carbocycles. The minimum atomic E-state index is 0.0130. The number of rotatable bonds is 4. The lowest BCUT2D eigenvalue weighted by molar-refractivity contribution is 0.105. The molecule has 0 bridgehead atoms. The minimum absolute atomic E-state index is 0.0130. The van der Waals surface area contributed by atoms with Gasteiger partial charge in [0.05, 0.1) is 6.54 Å². The van der Waals surface area contributed by atoms with Gasteiger partial charge in [-0.15, -0.1) is 0 Å². The average molecular weight is 264 g/mol. The summed E-state index contributed by atoms with van der Waals surface area (Å²) < 4.78 is 0. The van der Waals surface area contributed by atoms with Crippen molar-refractivity contribution in [1.29, 1.82) is 0 Å². The van der Waals surface area contributed by atoms with Crippen molar-refractivity contribution in [3.63, 3.8) is 0 Å². The molecule has 0 atom stereocenters. The average Bonchev–Trinajstić information content (AvgIpc) is 2.96. The quantitative estimate of drug-likeness (QED) is 0.795. The topological polar surface area (TPSA) is 32.7 Å². The van der Waals surface area contributed by atoms with Gasteiger partial charge in [-0.3, -0.25) is 9.79 Å². The molecule has 2 aromatic rings. The molecule has 100 valence electrons. The second kappa shape index (κ2) is 5.70. The third kappa shape index (κ3) is 2.62. The van der Waals surface area contributed by atoms with Gasteiger partial charge in [0.15, 0.2) is 5.84 Å². The van der Waals surface area contributed by atoms with E-state index in [2.05, 4.69) is 22.0 Å². The molecular weight excluding hydrogens is 248 g/mol. The largest absolute Gasteiger partial charge is 0.347 e. The van der Waals surface area contributed by atoms with Crippen molar-refractivity contribution >= 4 is 11.6 Å². The van der Waals surface area contributed by atoms with Gasteiger partial charge in [-0.05, 0) is 5.56 Å². The molecule has 3 heteroatoms. The Morgan fingerprint density at radius 3 is 2.35 bits per heavy atom. The van der Waals surface area contributed by atoms with Crippen molar-refractivity contribution in [2.24, 2.45) is 4.99 Å². The Labute approximate surface area is 118 Å². The first-order valence-corrected chi connectivity index (χ1v) is 6.77. The summed E-state index contributed by atoms with van der Waals surface area (Å²) in [5.41, 5.74) is 1.90. The van der Waals surface area contributed by atoms with Gasteiger partial charge < -0.3 is 4.90 Å². The van der Waals surface area contributed by atoms with Crippen molar-refractivity contribution in [2.75, 3.05) is 13.1 Å². The van der Waals surface area contributed by atoms with Crippen molar-refractivity contribution in [3.8, 4) is 0 Å². The van der Waals surface area contributed by atoms with Crippen molar-refractivity contribution in [3.05, 3.63) is 71.8 Å². The molecule has 3 rings (SSSR count). The second-order valence-corrected chi connectivity index (χ2v) is 4.81. The Morgan fingerprint density at radius 2 is 1.65 bits per heavy atom. The summed E-state index contributed by atoms with van der Waals surface area (Å²) in [6.07, 6.45) is 0. The summed E-state index contributed by atoms with van der Waals surface area (Å²) in [5, 5.41) is 0. The normalized spacial score (nSPS) is 14.2. The zero-order valence-corrected chi connectivity index (χ0v) is 11.2. The van der Waals surface area contributed by atoms with E-state index in [4.69, 9.17) is 0 Å². The van der Waals surface area contributed by atoms with Crippen LogP contribution in [0, 0.1) is 0 Å². The van der Waals surface area contributed by atoms with E-state index in [1.807, 2.05) is 48.5 Å². The number of nitrogens with zero attached hydrogens (tertiary/aromatic N) is 2. The van der Waals surface area contributed by atoms with Crippen LogP contribution in [0.3, 0.4) is 0 Å². The van der Waals surface area contributed by atoms with E-state index in [9.17, 15) is 4.79 Å². The van der Waals surface area contributed by atoms with Crippen LogP contribution < -0.4 is 0 Å². The molecule has 0 fully saturated rings. The van der Waals surface area contributed by atoms with Gasteiger partial charge in [0.1, 0.15) is 0 Å². The smallest absolute Gasteiger partial charge is 0.227 e. The van der Waals surface area contributed by atoms with E-state index in [1.54, 1.807) is 0 Å². The minimum Gasteiger partial charge on any atom is -0.347 e. The Bertz CT molecular complexity index is 620. The van der Waals surface area contributed by atoms with E-state index in [0.29, 0.717) is 17.9 Å². The zero-order valence-electron chi connectivity index (χ0n) is 11.2. The third-order valence-corrected chi connectivity index (χ3v) is 3.39. The van der Waals surface area contributed by atoms with Gasteiger partial charge in [-0.1, -0.05) is 60.7 Å². The van der Waals surface area contributed by atoms with Crippen LogP contribution in [0.4, 0.5) is 0 Å². The molecule has 1 heterocycles. The summed E-state index contributed by atoms with van der Waals surface area (Å²) in [6.45, 7) is 2.24. The fourth-order valence-electron chi connectivity index (χ4n) is 2.37. The molecular formula is C17H16N2O. The lowest BCUT2D eigenvalue weighted by Crippen LogP contribution is -2.33. The standard InChI is InChI=1S/C17H16N2O/c20-16(15-9-5-2-6-10-15)17-18-11-12-19(17)13-14-7-3-1-4-8-14/h1-10H,11-13H2. The summed E-state index contributed by atoms with van der Waals surface area (Å²) in [4.78, 5) is 18.9. The Balaban J connectivity index is 1.78. The van der Waals surface area contributed by atoms with Gasteiger partial charge in [0, 0.05) is 18.7 Å². The van der Waals surface area contributed by atoms with Crippen LogP contribution in [0.2, 0.25) is 0 Å². The Morgan fingerprint density at radius 1 is 1.00 bits per heavy atom. The number of aliphatic imine (C=N–C) groups is 1. The number of carbonyl (C=O) groups excluding carboxylic acids is 1. The van der Waals surface area contributed by atoms with E-state index < -0.39 is 0 Å². The summed E-state index contributed by atoms with van der Waals surface area (Å²) in [7, 11) is 0. The number of Topliss-reactive ketones (excluding diaryl/α,β-unsaturated/α-hetero) is 1. The van der Waals surface area contributed by atoms with Gasteiger partial charge in [0.25, 0.3) is 0 Å². The van der Waals surface area contributed by atoms with Crippen LogP contribution >= 0.6 is 0 Å². The highest BCUT2D eigenvalue weighted by Crippen LogP contribution is 2.13. The first-order chi connectivity index (χ1) is 9.84.